The fraction of sp³-hybridized carbons (Fsp3) is 0.733. The summed E-state index contributed by atoms with van der Waals surface area (Å²) in [5.74, 6) is 0.215. The average Bonchev–Trinajstić information content (AvgIpc) is 2.78. The SMILES string of the molecule is Cc1cnn(C2CN(CC(=O)N3C[C@@H](C)O[C@H](C)C3)C2)c1. The van der Waals surface area contributed by atoms with Crippen molar-refractivity contribution in [1.29, 1.82) is 0 Å². The number of ether oxygens (including phenoxy) is 1. The van der Waals surface area contributed by atoms with Crippen LogP contribution in [0.4, 0.5) is 0 Å². The van der Waals surface area contributed by atoms with E-state index >= 15 is 0 Å². The highest BCUT2D eigenvalue weighted by Crippen LogP contribution is 2.21. The number of morpholine rings is 1. The van der Waals surface area contributed by atoms with E-state index < -0.39 is 0 Å². The number of aryl methyl sites for hydroxylation is 1. The summed E-state index contributed by atoms with van der Waals surface area (Å²) in [4.78, 5) is 16.5. The topological polar surface area (TPSA) is 50.6 Å². The number of aromatic nitrogens is 2. The molecule has 3 rings (SSSR count). The van der Waals surface area contributed by atoms with Gasteiger partial charge in [-0.2, -0.15) is 5.10 Å². The van der Waals surface area contributed by atoms with Gasteiger partial charge in [0.25, 0.3) is 0 Å². The Kier molecular flexibility index (Phi) is 3.99. The first-order valence-corrected chi connectivity index (χ1v) is 7.67. The number of amides is 1. The number of carbonyl (C=O) groups excluding carboxylic acids is 1. The molecule has 1 amide bonds. The lowest BCUT2D eigenvalue weighted by atomic mass is 10.1. The molecule has 0 aromatic carbocycles. The van der Waals surface area contributed by atoms with Crippen molar-refractivity contribution in [3.8, 4) is 0 Å². The lowest BCUT2D eigenvalue weighted by molar-refractivity contribution is -0.145. The molecule has 1 aromatic heterocycles. The molecular formula is C15H24N4O2. The Morgan fingerprint density at radius 3 is 2.52 bits per heavy atom. The molecule has 2 aliphatic heterocycles. The van der Waals surface area contributed by atoms with E-state index in [0.717, 1.165) is 13.1 Å². The number of carbonyl (C=O) groups is 1. The third-order valence-electron chi connectivity index (χ3n) is 4.17. The Labute approximate surface area is 125 Å². The zero-order chi connectivity index (χ0) is 15.0. The van der Waals surface area contributed by atoms with Gasteiger partial charge in [0.2, 0.25) is 5.91 Å². The predicted octanol–water partition coefficient (Wildman–Crippen LogP) is 0.684. The van der Waals surface area contributed by atoms with Gasteiger partial charge in [0.05, 0.1) is 31.0 Å². The van der Waals surface area contributed by atoms with E-state index in [-0.39, 0.29) is 18.1 Å². The summed E-state index contributed by atoms with van der Waals surface area (Å²) in [6.07, 6.45) is 4.21. The molecule has 0 bridgehead atoms. The summed E-state index contributed by atoms with van der Waals surface area (Å²) in [6.45, 7) is 9.83. The molecule has 1 aromatic rings. The first-order chi connectivity index (χ1) is 10.0. The van der Waals surface area contributed by atoms with E-state index in [1.54, 1.807) is 0 Å². The van der Waals surface area contributed by atoms with Crippen LogP contribution < -0.4 is 0 Å². The van der Waals surface area contributed by atoms with Crippen LogP contribution in [0.5, 0.6) is 0 Å². The van der Waals surface area contributed by atoms with E-state index in [1.165, 1.54) is 5.56 Å². The molecule has 2 saturated heterocycles. The van der Waals surface area contributed by atoms with E-state index in [9.17, 15) is 4.79 Å². The molecule has 0 aliphatic carbocycles. The molecule has 116 valence electrons. The molecule has 0 spiro atoms. The molecule has 3 heterocycles. The van der Waals surface area contributed by atoms with Crippen LogP contribution in [0.25, 0.3) is 0 Å². The van der Waals surface area contributed by atoms with Crippen molar-refractivity contribution in [2.24, 2.45) is 0 Å². The Morgan fingerprint density at radius 2 is 1.95 bits per heavy atom. The maximum atomic E-state index is 12.3. The van der Waals surface area contributed by atoms with Crippen LogP contribution in [-0.2, 0) is 9.53 Å². The van der Waals surface area contributed by atoms with Gasteiger partial charge in [-0.05, 0) is 26.3 Å². The van der Waals surface area contributed by atoms with Gasteiger partial charge < -0.3 is 9.64 Å². The normalized spacial score (nSPS) is 27.7. The van der Waals surface area contributed by atoms with Crippen molar-refractivity contribution in [3.63, 3.8) is 0 Å². The largest absolute Gasteiger partial charge is 0.372 e. The van der Waals surface area contributed by atoms with Crippen molar-refractivity contribution >= 4 is 5.91 Å². The van der Waals surface area contributed by atoms with Gasteiger partial charge in [-0.15, -0.1) is 0 Å². The minimum absolute atomic E-state index is 0.133. The molecule has 0 N–H and O–H groups in total. The summed E-state index contributed by atoms with van der Waals surface area (Å²) in [7, 11) is 0. The first kappa shape index (κ1) is 14.5. The van der Waals surface area contributed by atoms with Gasteiger partial charge >= 0.3 is 0 Å². The quantitative estimate of drug-likeness (QED) is 0.822. The Balaban J connectivity index is 1.47. The number of hydrogen-bond acceptors (Lipinski definition) is 4. The third-order valence-corrected chi connectivity index (χ3v) is 4.17. The van der Waals surface area contributed by atoms with Crippen molar-refractivity contribution in [1.82, 2.24) is 19.6 Å². The smallest absolute Gasteiger partial charge is 0.236 e. The Bertz CT molecular complexity index is 500. The maximum Gasteiger partial charge on any atom is 0.236 e. The highest BCUT2D eigenvalue weighted by molar-refractivity contribution is 5.78. The molecule has 0 radical (unpaired) electrons. The Hall–Kier alpha value is -1.40. The summed E-state index contributed by atoms with van der Waals surface area (Å²) in [5, 5.41) is 4.34. The van der Waals surface area contributed by atoms with Crippen LogP contribution in [-0.4, -0.2) is 70.4 Å². The van der Waals surface area contributed by atoms with Crippen LogP contribution in [0.1, 0.15) is 25.5 Å². The predicted molar refractivity (Wildman–Crippen MR) is 79.0 cm³/mol. The van der Waals surface area contributed by atoms with Gasteiger partial charge in [0.15, 0.2) is 0 Å². The van der Waals surface area contributed by atoms with E-state index in [0.29, 0.717) is 25.7 Å². The average molecular weight is 292 g/mol. The molecule has 21 heavy (non-hydrogen) atoms. The van der Waals surface area contributed by atoms with E-state index in [1.807, 2.05) is 36.5 Å². The van der Waals surface area contributed by atoms with Crippen LogP contribution in [0.3, 0.4) is 0 Å². The molecule has 2 fully saturated rings. The summed E-state index contributed by atoms with van der Waals surface area (Å²) in [6, 6.07) is 0.411. The second-order valence-electron chi connectivity index (χ2n) is 6.40. The molecule has 6 nitrogen and oxygen atoms in total. The fourth-order valence-electron chi connectivity index (χ4n) is 3.14. The van der Waals surface area contributed by atoms with E-state index in [4.69, 9.17) is 4.74 Å². The molecule has 2 aliphatic rings. The highest BCUT2D eigenvalue weighted by atomic mass is 16.5. The number of likely N-dealkylation sites (tertiary alicyclic amines) is 1. The van der Waals surface area contributed by atoms with Crippen molar-refractivity contribution in [2.75, 3.05) is 32.7 Å². The second-order valence-corrected chi connectivity index (χ2v) is 6.40. The molecule has 0 saturated carbocycles. The third kappa shape index (κ3) is 3.27. The van der Waals surface area contributed by atoms with Gasteiger partial charge in [0, 0.05) is 32.4 Å². The van der Waals surface area contributed by atoms with Crippen LogP contribution in [0.2, 0.25) is 0 Å². The zero-order valence-electron chi connectivity index (χ0n) is 13.0. The molecular weight excluding hydrogens is 268 g/mol. The van der Waals surface area contributed by atoms with Crippen LogP contribution in [0.15, 0.2) is 12.4 Å². The standard InChI is InChI=1S/C15H24N4O2/c1-11-4-16-19(5-11)14-8-17(9-14)10-15(20)18-6-12(2)21-13(3)7-18/h4-5,12-14H,6-10H2,1-3H3/t12-,13-/m1/s1. The summed E-state index contributed by atoms with van der Waals surface area (Å²) < 4.78 is 7.68. The molecule has 0 unspecified atom stereocenters. The second kappa shape index (κ2) is 5.77. The van der Waals surface area contributed by atoms with Crippen molar-refractivity contribution in [2.45, 2.75) is 39.0 Å². The van der Waals surface area contributed by atoms with E-state index in [2.05, 4.69) is 16.2 Å². The number of rotatable bonds is 3. The molecule has 2 atom stereocenters. The monoisotopic (exact) mass is 292 g/mol. The van der Waals surface area contributed by atoms with Gasteiger partial charge in [-0.1, -0.05) is 0 Å². The molecule has 6 heteroatoms. The zero-order valence-corrected chi connectivity index (χ0v) is 13.0. The summed E-state index contributed by atoms with van der Waals surface area (Å²) in [5.41, 5.74) is 1.18. The Morgan fingerprint density at radius 1 is 1.29 bits per heavy atom. The highest BCUT2D eigenvalue weighted by Gasteiger charge is 2.32. The van der Waals surface area contributed by atoms with Crippen LogP contribution >= 0.6 is 0 Å². The minimum Gasteiger partial charge on any atom is -0.372 e. The lowest BCUT2D eigenvalue weighted by Crippen LogP contribution is -2.55. The first-order valence-electron chi connectivity index (χ1n) is 7.67. The fourth-order valence-corrected chi connectivity index (χ4v) is 3.14. The minimum atomic E-state index is 0.133. The van der Waals surface area contributed by atoms with Crippen molar-refractivity contribution < 1.29 is 9.53 Å². The van der Waals surface area contributed by atoms with Gasteiger partial charge in [-0.3, -0.25) is 14.4 Å². The number of nitrogens with zero attached hydrogens (tertiary/aromatic N) is 4. The van der Waals surface area contributed by atoms with Gasteiger partial charge in [-0.25, -0.2) is 0 Å². The lowest BCUT2D eigenvalue weighted by Gasteiger charge is -2.41. The summed E-state index contributed by atoms with van der Waals surface area (Å²) >= 11 is 0. The van der Waals surface area contributed by atoms with Gasteiger partial charge in [0.1, 0.15) is 0 Å². The number of hydrogen-bond donors (Lipinski definition) is 0. The van der Waals surface area contributed by atoms with Crippen LogP contribution in [0, 0.1) is 6.92 Å². The van der Waals surface area contributed by atoms with Crippen molar-refractivity contribution in [3.05, 3.63) is 18.0 Å². The maximum absolute atomic E-state index is 12.3.